The summed E-state index contributed by atoms with van der Waals surface area (Å²) < 4.78 is 38.4. The third kappa shape index (κ3) is 2.45. The van der Waals surface area contributed by atoms with E-state index in [2.05, 4.69) is 15.0 Å². The van der Waals surface area contributed by atoms with Gasteiger partial charge in [-0.1, -0.05) is 0 Å². The number of rotatable bonds is 2. The molecule has 2 aromatic rings. The summed E-state index contributed by atoms with van der Waals surface area (Å²) in [7, 11) is 0. The van der Waals surface area contributed by atoms with E-state index in [1.54, 1.807) is 6.07 Å². The van der Waals surface area contributed by atoms with Crippen molar-refractivity contribution in [2.45, 2.75) is 12.2 Å². The van der Waals surface area contributed by atoms with Crippen LogP contribution in [-0.4, -0.2) is 15.0 Å². The summed E-state index contributed by atoms with van der Waals surface area (Å²) in [4.78, 5) is 11.4. The van der Waals surface area contributed by atoms with Crippen LogP contribution in [0.15, 0.2) is 36.9 Å². The average Bonchev–Trinajstić information content (AvgIpc) is 2.38. The molecule has 18 heavy (non-hydrogen) atoms. The van der Waals surface area contributed by atoms with Crippen molar-refractivity contribution >= 4 is 0 Å². The number of alkyl halides is 3. The average molecular weight is 254 g/mol. The van der Waals surface area contributed by atoms with Crippen LogP contribution in [0.5, 0.6) is 0 Å². The van der Waals surface area contributed by atoms with Gasteiger partial charge in [-0.25, -0.2) is 9.97 Å². The van der Waals surface area contributed by atoms with Crippen molar-refractivity contribution in [3.05, 3.63) is 53.9 Å². The second-order valence-corrected chi connectivity index (χ2v) is 3.55. The first-order valence-corrected chi connectivity index (χ1v) is 5.03. The van der Waals surface area contributed by atoms with Gasteiger partial charge >= 0.3 is 6.18 Å². The number of hydrogen-bond acceptors (Lipinski definition) is 4. The van der Waals surface area contributed by atoms with E-state index >= 15 is 0 Å². The number of pyridine rings is 1. The molecule has 2 N–H and O–H groups in total. The molecule has 4 nitrogen and oxygen atoms in total. The number of nitrogens with two attached hydrogens (primary N) is 1. The highest BCUT2D eigenvalue weighted by atomic mass is 19.4. The molecule has 0 fully saturated rings. The summed E-state index contributed by atoms with van der Waals surface area (Å²) in [6, 6.07) is 1.39. The Morgan fingerprint density at radius 2 is 1.78 bits per heavy atom. The van der Waals surface area contributed by atoms with Gasteiger partial charge in [-0.2, -0.15) is 13.2 Å². The van der Waals surface area contributed by atoms with Gasteiger partial charge in [0, 0.05) is 30.4 Å². The molecule has 0 radical (unpaired) electrons. The highest BCUT2D eigenvalue weighted by molar-refractivity contribution is 5.32. The summed E-state index contributed by atoms with van der Waals surface area (Å²) in [6.45, 7) is 0. The van der Waals surface area contributed by atoms with Crippen LogP contribution < -0.4 is 5.73 Å². The van der Waals surface area contributed by atoms with Crippen molar-refractivity contribution in [1.29, 1.82) is 0 Å². The van der Waals surface area contributed by atoms with Gasteiger partial charge in [-0.05, 0) is 12.1 Å². The predicted octanol–water partition coefficient (Wildman–Crippen LogP) is 1.94. The maximum absolute atomic E-state index is 12.8. The molecule has 0 saturated carbocycles. The summed E-state index contributed by atoms with van der Waals surface area (Å²) in [5, 5.41) is 0. The quantitative estimate of drug-likeness (QED) is 0.889. The summed E-state index contributed by atoms with van der Waals surface area (Å²) in [6.07, 6.45) is 0.525. The Hall–Kier alpha value is -2.02. The van der Waals surface area contributed by atoms with E-state index in [4.69, 9.17) is 5.73 Å². The zero-order chi connectivity index (χ0) is 13.2. The first-order valence-electron chi connectivity index (χ1n) is 5.03. The molecule has 0 aliphatic heterocycles. The topological polar surface area (TPSA) is 64.7 Å². The third-order valence-electron chi connectivity index (χ3n) is 2.36. The van der Waals surface area contributed by atoms with Crippen molar-refractivity contribution in [2.24, 2.45) is 5.73 Å². The molecule has 0 aromatic carbocycles. The van der Waals surface area contributed by atoms with Crippen LogP contribution in [0.2, 0.25) is 0 Å². The second kappa shape index (κ2) is 4.69. The molecule has 2 heterocycles. The zero-order valence-corrected chi connectivity index (χ0v) is 9.09. The SMILES string of the molecule is NC(c1ncccn1)c1cnccc1C(F)(F)F. The van der Waals surface area contributed by atoms with Gasteiger partial charge in [0.1, 0.15) is 5.82 Å². The Balaban J connectivity index is 2.46. The maximum atomic E-state index is 12.8. The molecule has 1 atom stereocenters. The van der Waals surface area contributed by atoms with E-state index in [0.717, 1.165) is 18.5 Å². The second-order valence-electron chi connectivity index (χ2n) is 3.55. The molecule has 0 saturated heterocycles. The van der Waals surface area contributed by atoms with E-state index in [0.29, 0.717) is 0 Å². The van der Waals surface area contributed by atoms with E-state index in [-0.39, 0.29) is 11.4 Å². The smallest absolute Gasteiger partial charge is 0.318 e. The fourth-order valence-electron chi connectivity index (χ4n) is 1.52. The predicted molar refractivity (Wildman–Crippen MR) is 57.3 cm³/mol. The molecule has 94 valence electrons. The van der Waals surface area contributed by atoms with Gasteiger partial charge in [0.15, 0.2) is 0 Å². The van der Waals surface area contributed by atoms with Gasteiger partial charge in [0.2, 0.25) is 0 Å². The molecule has 0 amide bonds. The first-order chi connectivity index (χ1) is 8.50. The minimum Gasteiger partial charge on any atom is -0.318 e. The molecule has 0 aliphatic rings. The number of hydrogen-bond donors (Lipinski definition) is 1. The Kier molecular flexibility index (Phi) is 3.24. The fraction of sp³-hybridized carbons (Fsp3) is 0.182. The van der Waals surface area contributed by atoms with E-state index < -0.39 is 17.8 Å². The Bertz CT molecular complexity index is 527. The number of nitrogens with zero attached hydrogens (tertiary/aromatic N) is 3. The number of aromatic nitrogens is 3. The Labute approximate surface area is 101 Å². The van der Waals surface area contributed by atoms with Gasteiger partial charge < -0.3 is 5.73 Å². The van der Waals surface area contributed by atoms with Crippen LogP contribution in [0.1, 0.15) is 23.0 Å². The summed E-state index contributed by atoms with van der Waals surface area (Å²) in [5.41, 5.74) is 4.78. The van der Waals surface area contributed by atoms with E-state index in [1.165, 1.54) is 12.4 Å². The monoisotopic (exact) mass is 254 g/mol. The lowest BCUT2D eigenvalue weighted by Gasteiger charge is -2.16. The summed E-state index contributed by atoms with van der Waals surface area (Å²) in [5.74, 6) is 0.121. The molecule has 0 aliphatic carbocycles. The Morgan fingerprint density at radius 3 is 2.39 bits per heavy atom. The maximum Gasteiger partial charge on any atom is 0.416 e. The first kappa shape index (κ1) is 12.4. The lowest BCUT2D eigenvalue weighted by atomic mass is 10.0. The summed E-state index contributed by atoms with van der Waals surface area (Å²) >= 11 is 0. The molecule has 0 bridgehead atoms. The highest BCUT2D eigenvalue weighted by Gasteiger charge is 2.35. The molecule has 2 aromatic heterocycles. The van der Waals surface area contributed by atoms with Crippen molar-refractivity contribution in [3.63, 3.8) is 0 Å². The standard InChI is InChI=1S/C11H9F3N4/c12-11(13,14)8-2-5-16-6-7(8)9(15)10-17-3-1-4-18-10/h1-6,9H,15H2. The normalized spacial score (nSPS) is 13.3. The van der Waals surface area contributed by atoms with Crippen LogP contribution >= 0.6 is 0 Å². The highest BCUT2D eigenvalue weighted by Crippen LogP contribution is 2.34. The van der Waals surface area contributed by atoms with Crippen LogP contribution in [0.3, 0.4) is 0 Å². The van der Waals surface area contributed by atoms with Crippen LogP contribution in [0, 0.1) is 0 Å². The molecule has 2 rings (SSSR count). The molecular weight excluding hydrogens is 245 g/mol. The largest absolute Gasteiger partial charge is 0.416 e. The van der Waals surface area contributed by atoms with Crippen LogP contribution in [-0.2, 0) is 6.18 Å². The van der Waals surface area contributed by atoms with Crippen molar-refractivity contribution in [1.82, 2.24) is 15.0 Å². The number of halogens is 3. The molecule has 0 spiro atoms. The van der Waals surface area contributed by atoms with Crippen LogP contribution in [0.25, 0.3) is 0 Å². The van der Waals surface area contributed by atoms with Crippen molar-refractivity contribution < 1.29 is 13.2 Å². The third-order valence-corrected chi connectivity index (χ3v) is 2.36. The zero-order valence-electron chi connectivity index (χ0n) is 9.09. The minimum atomic E-state index is -4.48. The van der Waals surface area contributed by atoms with E-state index in [1.807, 2.05) is 0 Å². The molecule has 1 unspecified atom stereocenters. The lowest BCUT2D eigenvalue weighted by Crippen LogP contribution is -2.20. The van der Waals surface area contributed by atoms with Crippen molar-refractivity contribution in [3.8, 4) is 0 Å². The van der Waals surface area contributed by atoms with Gasteiger partial charge in [0.25, 0.3) is 0 Å². The van der Waals surface area contributed by atoms with Gasteiger partial charge in [0.05, 0.1) is 11.6 Å². The molecular formula is C11H9F3N4. The fourth-order valence-corrected chi connectivity index (χ4v) is 1.52. The minimum absolute atomic E-state index is 0.121. The lowest BCUT2D eigenvalue weighted by molar-refractivity contribution is -0.138. The van der Waals surface area contributed by atoms with Crippen molar-refractivity contribution in [2.75, 3.05) is 0 Å². The van der Waals surface area contributed by atoms with Crippen LogP contribution in [0.4, 0.5) is 13.2 Å². The van der Waals surface area contributed by atoms with Gasteiger partial charge in [-0.3, -0.25) is 4.98 Å². The molecule has 7 heteroatoms. The van der Waals surface area contributed by atoms with E-state index in [9.17, 15) is 13.2 Å². The Morgan fingerprint density at radius 1 is 1.11 bits per heavy atom. The van der Waals surface area contributed by atoms with Gasteiger partial charge in [-0.15, -0.1) is 0 Å².